The molecule has 0 atom stereocenters. The van der Waals surface area contributed by atoms with Gasteiger partial charge in [0.25, 0.3) is 0 Å². The number of nitrogens with zero attached hydrogens (tertiary/aromatic N) is 3. The van der Waals surface area contributed by atoms with Gasteiger partial charge in [0.1, 0.15) is 12.7 Å². The van der Waals surface area contributed by atoms with Crippen molar-refractivity contribution in [1.29, 1.82) is 0 Å². The van der Waals surface area contributed by atoms with Crippen molar-refractivity contribution < 1.29 is 5.11 Å². The highest BCUT2D eigenvalue weighted by Crippen LogP contribution is 2.07. The summed E-state index contributed by atoms with van der Waals surface area (Å²) in [5.41, 5.74) is 5.10. The summed E-state index contributed by atoms with van der Waals surface area (Å²) in [7, 11) is 0. The SMILES string of the molecule is CCCCCCCCCCO.Nc1ncncn1. The van der Waals surface area contributed by atoms with E-state index in [1.165, 1.54) is 57.6 Å². The maximum atomic E-state index is 8.51. The van der Waals surface area contributed by atoms with Crippen molar-refractivity contribution >= 4 is 5.95 Å². The summed E-state index contributed by atoms with van der Waals surface area (Å²) in [5, 5.41) is 8.51. The molecule has 0 aliphatic heterocycles. The molecule has 1 rings (SSSR count). The first-order valence-electron chi connectivity index (χ1n) is 6.79. The van der Waals surface area contributed by atoms with Crippen LogP contribution < -0.4 is 5.73 Å². The number of hydrogen-bond donors (Lipinski definition) is 2. The second-order valence-corrected chi connectivity index (χ2v) is 4.19. The van der Waals surface area contributed by atoms with Gasteiger partial charge < -0.3 is 10.8 Å². The Bertz CT molecular complexity index is 248. The lowest BCUT2D eigenvalue weighted by atomic mass is 10.1. The topological polar surface area (TPSA) is 84.9 Å². The van der Waals surface area contributed by atoms with E-state index in [1.54, 1.807) is 0 Å². The minimum Gasteiger partial charge on any atom is -0.396 e. The van der Waals surface area contributed by atoms with Gasteiger partial charge in [-0.2, -0.15) is 0 Å². The van der Waals surface area contributed by atoms with E-state index in [-0.39, 0.29) is 5.95 Å². The molecule has 5 nitrogen and oxygen atoms in total. The van der Waals surface area contributed by atoms with Crippen LogP contribution in [0.4, 0.5) is 5.95 Å². The fourth-order valence-corrected chi connectivity index (χ4v) is 1.49. The number of hydrogen-bond acceptors (Lipinski definition) is 5. The zero-order chi connectivity index (χ0) is 13.5. The van der Waals surface area contributed by atoms with E-state index >= 15 is 0 Å². The van der Waals surface area contributed by atoms with Crippen molar-refractivity contribution in [1.82, 2.24) is 15.0 Å². The Morgan fingerprint density at radius 3 is 1.83 bits per heavy atom. The van der Waals surface area contributed by atoms with Gasteiger partial charge in [-0.3, -0.25) is 0 Å². The third kappa shape index (κ3) is 12.8. The number of anilines is 1. The summed E-state index contributed by atoms with van der Waals surface area (Å²) in [5.74, 6) is 0.259. The Kier molecular flexibility index (Phi) is 12.9. The van der Waals surface area contributed by atoms with Gasteiger partial charge >= 0.3 is 0 Å². The third-order valence-electron chi connectivity index (χ3n) is 2.53. The Morgan fingerprint density at radius 1 is 0.944 bits per heavy atom. The monoisotopic (exact) mass is 254 g/mol. The predicted molar refractivity (Wildman–Crippen MR) is 73.9 cm³/mol. The lowest BCUT2D eigenvalue weighted by molar-refractivity contribution is 0.282. The number of rotatable bonds is 8. The highest BCUT2D eigenvalue weighted by atomic mass is 16.2. The number of aliphatic hydroxyl groups excluding tert-OH is 1. The summed E-state index contributed by atoms with van der Waals surface area (Å²) in [6, 6.07) is 0. The van der Waals surface area contributed by atoms with Gasteiger partial charge in [0, 0.05) is 6.61 Å². The maximum absolute atomic E-state index is 8.51. The summed E-state index contributed by atoms with van der Waals surface area (Å²) in [6.45, 7) is 2.61. The van der Waals surface area contributed by atoms with Crippen LogP contribution in [-0.2, 0) is 0 Å². The molecule has 0 aromatic carbocycles. The Morgan fingerprint density at radius 2 is 1.44 bits per heavy atom. The van der Waals surface area contributed by atoms with Crippen LogP contribution >= 0.6 is 0 Å². The number of unbranched alkanes of at least 4 members (excludes halogenated alkanes) is 7. The molecular formula is C13H26N4O. The number of aliphatic hydroxyl groups is 1. The molecule has 0 saturated heterocycles. The van der Waals surface area contributed by atoms with Crippen LogP contribution in [-0.4, -0.2) is 26.7 Å². The molecule has 5 heteroatoms. The van der Waals surface area contributed by atoms with Gasteiger partial charge in [0.05, 0.1) is 0 Å². The van der Waals surface area contributed by atoms with Gasteiger partial charge in [-0.15, -0.1) is 0 Å². The van der Waals surface area contributed by atoms with Gasteiger partial charge in [-0.1, -0.05) is 51.9 Å². The molecule has 0 aliphatic carbocycles. The zero-order valence-electron chi connectivity index (χ0n) is 11.4. The molecule has 104 valence electrons. The molecule has 1 aromatic rings. The van der Waals surface area contributed by atoms with Gasteiger partial charge in [0.2, 0.25) is 5.95 Å². The molecule has 18 heavy (non-hydrogen) atoms. The van der Waals surface area contributed by atoms with E-state index < -0.39 is 0 Å². The number of nitrogen functional groups attached to an aromatic ring is 1. The van der Waals surface area contributed by atoms with Crippen LogP contribution in [0, 0.1) is 0 Å². The Labute approximate surface area is 110 Å². The summed E-state index contributed by atoms with van der Waals surface area (Å²) in [4.78, 5) is 10.6. The first-order chi connectivity index (χ1) is 8.81. The van der Waals surface area contributed by atoms with Crippen molar-refractivity contribution in [2.75, 3.05) is 12.3 Å². The van der Waals surface area contributed by atoms with E-state index in [1.807, 2.05) is 0 Å². The molecular weight excluding hydrogens is 228 g/mol. The van der Waals surface area contributed by atoms with E-state index in [0.29, 0.717) is 6.61 Å². The fourth-order valence-electron chi connectivity index (χ4n) is 1.49. The van der Waals surface area contributed by atoms with Gasteiger partial charge in [-0.05, 0) is 6.42 Å². The predicted octanol–water partition coefficient (Wildman–Crippen LogP) is 2.57. The second-order valence-electron chi connectivity index (χ2n) is 4.19. The summed E-state index contributed by atoms with van der Waals surface area (Å²) >= 11 is 0. The Balaban J connectivity index is 0.000000351. The maximum Gasteiger partial charge on any atom is 0.222 e. The molecule has 0 amide bonds. The molecule has 0 aliphatic rings. The summed E-state index contributed by atoms with van der Waals surface area (Å²) < 4.78 is 0. The van der Waals surface area contributed by atoms with Crippen LogP contribution in [0.3, 0.4) is 0 Å². The van der Waals surface area contributed by atoms with Crippen LogP contribution in [0.1, 0.15) is 58.3 Å². The minimum absolute atomic E-state index is 0.259. The van der Waals surface area contributed by atoms with Crippen molar-refractivity contribution in [3.63, 3.8) is 0 Å². The number of nitrogens with two attached hydrogens (primary N) is 1. The molecule has 1 aromatic heterocycles. The van der Waals surface area contributed by atoms with Crippen molar-refractivity contribution in [2.24, 2.45) is 0 Å². The highest BCUT2D eigenvalue weighted by molar-refractivity contribution is 5.08. The second kappa shape index (κ2) is 13.8. The van der Waals surface area contributed by atoms with E-state index in [0.717, 1.165) is 6.42 Å². The van der Waals surface area contributed by atoms with Crippen molar-refractivity contribution in [3.05, 3.63) is 12.7 Å². The molecule has 3 N–H and O–H groups in total. The smallest absolute Gasteiger partial charge is 0.222 e. The highest BCUT2D eigenvalue weighted by Gasteiger charge is 1.89. The largest absolute Gasteiger partial charge is 0.396 e. The quantitative estimate of drug-likeness (QED) is 0.696. The third-order valence-corrected chi connectivity index (χ3v) is 2.53. The molecule has 0 saturated carbocycles. The zero-order valence-corrected chi connectivity index (χ0v) is 11.4. The lowest BCUT2D eigenvalue weighted by Crippen LogP contribution is -1.92. The molecule has 0 unspecified atom stereocenters. The van der Waals surface area contributed by atoms with E-state index in [4.69, 9.17) is 10.8 Å². The van der Waals surface area contributed by atoms with Crippen LogP contribution in [0.15, 0.2) is 12.7 Å². The van der Waals surface area contributed by atoms with Gasteiger partial charge in [-0.25, -0.2) is 15.0 Å². The first-order valence-corrected chi connectivity index (χ1v) is 6.79. The van der Waals surface area contributed by atoms with E-state index in [9.17, 15) is 0 Å². The van der Waals surface area contributed by atoms with Crippen LogP contribution in [0.25, 0.3) is 0 Å². The molecule has 0 fully saturated rings. The molecule has 0 radical (unpaired) electrons. The van der Waals surface area contributed by atoms with Crippen molar-refractivity contribution in [2.45, 2.75) is 58.3 Å². The molecule has 0 bridgehead atoms. The van der Waals surface area contributed by atoms with Crippen LogP contribution in [0.2, 0.25) is 0 Å². The summed E-state index contributed by atoms with van der Waals surface area (Å²) in [6.07, 6.45) is 13.1. The normalized spacial score (nSPS) is 9.67. The molecule has 1 heterocycles. The fraction of sp³-hybridized carbons (Fsp3) is 0.769. The minimum atomic E-state index is 0.259. The van der Waals surface area contributed by atoms with Crippen molar-refractivity contribution in [3.8, 4) is 0 Å². The van der Waals surface area contributed by atoms with E-state index in [2.05, 4.69) is 21.9 Å². The molecule has 0 spiro atoms. The average molecular weight is 254 g/mol. The first kappa shape index (κ1) is 16.8. The standard InChI is InChI=1S/C10H22O.C3H4N4/c1-2-3-4-5-6-7-8-9-10-11;4-3-6-1-5-2-7-3/h11H,2-10H2,1H3;1-2H,(H2,4,5,6,7). The number of aromatic nitrogens is 3. The Hall–Kier alpha value is -1.23. The lowest BCUT2D eigenvalue weighted by Gasteiger charge is -1.98. The average Bonchev–Trinajstić information content (AvgIpc) is 2.39. The van der Waals surface area contributed by atoms with Gasteiger partial charge in [0.15, 0.2) is 0 Å². The van der Waals surface area contributed by atoms with Crippen LogP contribution in [0.5, 0.6) is 0 Å².